The number of benzene rings is 2. The summed E-state index contributed by atoms with van der Waals surface area (Å²) in [5.74, 6) is 2.60. The van der Waals surface area contributed by atoms with E-state index in [0.717, 1.165) is 35.7 Å². The van der Waals surface area contributed by atoms with Gasteiger partial charge in [0.2, 0.25) is 5.88 Å². The second-order valence-corrected chi connectivity index (χ2v) is 6.83. The minimum absolute atomic E-state index is 0.464. The van der Waals surface area contributed by atoms with E-state index in [-0.39, 0.29) is 0 Å². The van der Waals surface area contributed by atoms with Crippen molar-refractivity contribution in [3.8, 4) is 17.4 Å². The van der Waals surface area contributed by atoms with E-state index >= 15 is 0 Å². The number of aryl methyl sites for hydroxylation is 1. The van der Waals surface area contributed by atoms with Gasteiger partial charge in [-0.3, -0.25) is 4.99 Å². The van der Waals surface area contributed by atoms with E-state index in [1.54, 1.807) is 17.7 Å². The number of nitrogens with zero attached hydrogens (tertiary/aromatic N) is 5. The Morgan fingerprint density at radius 1 is 1.00 bits per heavy atom. The van der Waals surface area contributed by atoms with E-state index in [0.29, 0.717) is 23.7 Å². The monoisotopic (exact) mass is 385 g/mol. The van der Waals surface area contributed by atoms with Crippen LogP contribution in [-0.2, 0) is 12.8 Å². The first kappa shape index (κ1) is 17.4. The molecule has 0 saturated heterocycles. The van der Waals surface area contributed by atoms with Crippen LogP contribution < -0.4 is 9.47 Å². The maximum Gasteiger partial charge on any atom is 0.237 e. The van der Waals surface area contributed by atoms with Crippen LogP contribution in [0.5, 0.6) is 17.4 Å². The quantitative estimate of drug-likeness (QED) is 0.516. The number of fused-ring (bicyclic) bond motifs is 2. The van der Waals surface area contributed by atoms with Gasteiger partial charge in [0.1, 0.15) is 11.5 Å². The first-order chi connectivity index (χ1) is 14.3. The van der Waals surface area contributed by atoms with Crippen LogP contribution in [0.3, 0.4) is 0 Å². The molecule has 1 aliphatic heterocycles. The fourth-order valence-electron chi connectivity index (χ4n) is 3.41. The van der Waals surface area contributed by atoms with Crippen molar-refractivity contribution >= 4 is 17.5 Å². The van der Waals surface area contributed by atoms with Crippen LogP contribution in [0.15, 0.2) is 59.6 Å². The molecule has 2 aromatic heterocycles. The van der Waals surface area contributed by atoms with Crippen molar-refractivity contribution in [2.24, 2.45) is 4.99 Å². The van der Waals surface area contributed by atoms with Crippen molar-refractivity contribution in [1.29, 1.82) is 0 Å². The third-order valence-corrected chi connectivity index (χ3v) is 4.85. The lowest BCUT2D eigenvalue weighted by molar-refractivity contribution is 0.406. The highest BCUT2D eigenvalue weighted by atomic mass is 16.5. The molecule has 0 bridgehead atoms. The van der Waals surface area contributed by atoms with E-state index in [1.807, 2.05) is 36.5 Å². The summed E-state index contributed by atoms with van der Waals surface area (Å²) in [4.78, 5) is 4.45. The van der Waals surface area contributed by atoms with Crippen LogP contribution in [0.2, 0.25) is 0 Å². The number of hydrogen-bond acceptors (Lipinski definition) is 6. The molecule has 5 rings (SSSR count). The maximum atomic E-state index is 5.89. The molecule has 7 heteroatoms. The Labute approximate surface area is 167 Å². The summed E-state index contributed by atoms with van der Waals surface area (Å²) in [5.41, 5.74) is 4.17. The summed E-state index contributed by atoms with van der Waals surface area (Å²) in [5, 5.41) is 13.1. The SMILES string of the molecule is COc1cccc(Oc2ccc3nnc(Cc4ccc5c(c4)CCC=N5)n3n2)c1. The predicted octanol–water partition coefficient (Wildman–Crippen LogP) is 4.16. The molecule has 1 aliphatic rings. The Morgan fingerprint density at radius 2 is 1.93 bits per heavy atom. The van der Waals surface area contributed by atoms with Gasteiger partial charge in [-0.25, -0.2) is 0 Å². The number of aliphatic imine (C=N–C) groups is 1. The van der Waals surface area contributed by atoms with E-state index in [1.165, 1.54) is 5.56 Å². The molecule has 0 amide bonds. The number of aromatic nitrogens is 4. The Hall–Kier alpha value is -3.74. The van der Waals surface area contributed by atoms with Crippen LogP contribution in [0.4, 0.5) is 5.69 Å². The number of ether oxygens (including phenoxy) is 2. The highest BCUT2D eigenvalue weighted by molar-refractivity contribution is 5.69. The molecule has 0 aliphatic carbocycles. The molecule has 0 spiro atoms. The maximum absolute atomic E-state index is 5.89. The zero-order valence-corrected chi connectivity index (χ0v) is 15.9. The van der Waals surface area contributed by atoms with Gasteiger partial charge < -0.3 is 9.47 Å². The van der Waals surface area contributed by atoms with E-state index < -0.39 is 0 Å². The highest BCUT2D eigenvalue weighted by Crippen LogP contribution is 2.26. The van der Waals surface area contributed by atoms with Gasteiger partial charge in [-0.2, -0.15) is 4.52 Å². The molecule has 4 aromatic rings. The fourth-order valence-corrected chi connectivity index (χ4v) is 3.41. The number of hydrogen-bond donors (Lipinski definition) is 0. The lowest BCUT2D eigenvalue weighted by Crippen LogP contribution is -2.02. The van der Waals surface area contributed by atoms with E-state index in [9.17, 15) is 0 Å². The summed E-state index contributed by atoms with van der Waals surface area (Å²) in [7, 11) is 1.62. The second kappa shape index (κ2) is 7.35. The van der Waals surface area contributed by atoms with Crippen molar-refractivity contribution in [3.05, 3.63) is 71.5 Å². The molecule has 0 saturated carbocycles. The molecule has 0 fully saturated rings. The molecule has 0 unspecified atom stereocenters. The van der Waals surface area contributed by atoms with Gasteiger partial charge in [-0.1, -0.05) is 18.2 Å². The van der Waals surface area contributed by atoms with Gasteiger partial charge in [-0.15, -0.1) is 15.3 Å². The Balaban J connectivity index is 1.43. The van der Waals surface area contributed by atoms with E-state index in [2.05, 4.69) is 38.5 Å². The summed E-state index contributed by atoms with van der Waals surface area (Å²) < 4.78 is 12.9. The Bertz CT molecular complexity index is 1220. The van der Waals surface area contributed by atoms with Crippen molar-refractivity contribution < 1.29 is 9.47 Å². The predicted molar refractivity (Wildman–Crippen MR) is 110 cm³/mol. The minimum atomic E-state index is 0.464. The molecule has 0 N–H and O–H groups in total. The highest BCUT2D eigenvalue weighted by Gasteiger charge is 2.12. The molecule has 3 heterocycles. The first-order valence-electron chi connectivity index (χ1n) is 9.46. The summed E-state index contributed by atoms with van der Waals surface area (Å²) in [6.45, 7) is 0. The van der Waals surface area contributed by atoms with Gasteiger partial charge in [0.25, 0.3) is 0 Å². The summed E-state index contributed by atoms with van der Waals surface area (Å²) in [6.07, 6.45) is 4.61. The van der Waals surface area contributed by atoms with Gasteiger partial charge in [0.05, 0.1) is 12.8 Å². The molecule has 0 atom stereocenters. The molecular weight excluding hydrogens is 366 g/mol. The molecule has 144 valence electrons. The standard InChI is InChI=1S/C22H19N5O2/c1-28-17-5-2-6-18(14-17)29-22-10-9-20-24-25-21(27(20)26-22)13-15-7-8-19-16(12-15)4-3-11-23-19/h2,5-12,14H,3-4,13H2,1H3. The fraction of sp³-hybridized carbons (Fsp3) is 0.182. The van der Waals surface area contributed by atoms with Gasteiger partial charge in [0, 0.05) is 24.8 Å². The Kier molecular flexibility index (Phi) is 4.40. The van der Waals surface area contributed by atoms with Crippen molar-refractivity contribution in [3.63, 3.8) is 0 Å². The smallest absolute Gasteiger partial charge is 0.237 e. The molecular formula is C22H19N5O2. The molecule has 0 radical (unpaired) electrons. The summed E-state index contributed by atoms with van der Waals surface area (Å²) >= 11 is 0. The zero-order chi connectivity index (χ0) is 19.6. The Morgan fingerprint density at radius 3 is 2.86 bits per heavy atom. The van der Waals surface area contributed by atoms with Crippen molar-refractivity contribution in [1.82, 2.24) is 19.8 Å². The van der Waals surface area contributed by atoms with Crippen LogP contribution in [0.25, 0.3) is 5.65 Å². The normalized spacial score (nSPS) is 12.7. The average Bonchev–Trinajstić information content (AvgIpc) is 3.16. The average molecular weight is 385 g/mol. The van der Waals surface area contributed by atoms with Gasteiger partial charge in [-0.05, 0) is 48.2 Å². The lowest BCUT2D eigenvalue weighted by Gasteiger charge is -2.11. The third kappa shape index (κ3) is 3.54. The van der Waals surface area contributed by atoms with Crippen molar-refractivity contribution in [2.45, 2.75) is 19.3 Å². The van der Waals surface area contributed by atoms with E-state index in [4.69, 9.17) is 9.47 Å². The number of methoxy groups -OCH3 is 1. The van der Waals surface area contributed by atoms with Gasteiger partial charge >= 0.3 is 0 Å². The second-order valence-electron chi connectivity index (χ2n) is 6.83. The molecule has 7 nitrogen and oxygen atoms in total. The lowest BCUT2D eigenvalue weighted by atomic mass is 10.0. The molecule has 29 heavy (non-hydrogen) atoms. The molecule has 2 aromatic carbocycles. The first-order valence-corrected chi connectivity index (χ1v) is 9.46. The minimum Gasteiger partial charge on any atom is -0.497 e. The van der Waals surface area contributed by atoms with Crippen LogP contribution in [-0.4, -0.2) is 33.1 Å². The topological polar surface area (TPSA) is 73.9 Å². The largest absolute Gasteiger partial charge is 0.497 e. The van der Waals surface area contributed by atoms with Crippen molar-refractivity contribution in [2.75, 3.05) is 7.11 Å². The number of rotatable bonds is 5. The zero-order valence-electron chi connectivity index (χ0n) is 15.9. The van der Waals surface area contributed by atoms with Crippen LogP contribution in [0.1, 0.15) is 23.4 Å². The van der Waals surface area contributed by atoms with Gasteiger partial charge in [0.15, 0.2) is 11.5 Å². The summed E-state index contributed by atoms with van der Waals surface area (Å²) in [6, 6.07) is 17.4. The third-order valence-electron chi connectivity index (χ3n) is 4.85. The van der Waals surface area contributed by atoms with Crippen LogP contribution >= 0.6 is 0 Å². The van der Waals surface area contributed by atoms with Crippen LogP contribution in [0, 0.1) is 0 Å².